The van der Waals surface area contributed by atoms with Gasteiger partial charge in [-0.3, -0.25) is 4.90 Å². The van der Waals surface area contributed by atoms with Crippen LogP contribution in [0, 0.1) is 12.3 Å². The molecule has 0 radical (unpaired) electrons. The Morgan fingerprint density at radius 1 is 1.04 bits per heavy atom. The summed E-state index contributed by atoms with van der Waals surface area (Å²) in [5, 5.41) is 2.93. The van der Waals surface area contributed by atoms with Crippen LogP contribution in [0.4, 0.5) is 10.5 Å². The Morgan fingerprint density at radius 2 is 1.80 bits per heavy atom. The lowest BCUT2D eigenvalue weighted by molar-refractivity contribution is 0.148. The van der Waals surface area contributed by atoms with E-state index in [4.69, 9.17) is 6.42 Å². The van der Waals surface area contributed by atoms with Crippen molar-refractivity contribution in [2.75, 3.05) is 38.0 Å². The number of anilines is 1. The predicted octanol–water partition coefficient (Wildman–Crippen LogP) is 3.06. The largest absolute Gasteiger partial charge is 0.322 e. The van der Waals surface area contributed by atoms with Crippen LogP contribution in [0.2, 0.25) is 0 Å². The van der Waals surface area contributed by atoms with E-state index >= 15 is 0 Å². The summed E-state index contributed by atoms with van der Waals surface area (Å²) in [4.78, 5) is 16.7. The second-order valence-electron chi connectivity index (χ2n) is 6.22. The summed E-state index contributed by atoms with van der Waals surface area (Å²) in [7, 11) is 0. The number of nitrogens with one attached hydrogen (secondary N) is 1. The average Bonchev–Trinajstić information content (AvgIpc) is 2.67. The quantitative estimate of drug-likeness (QED) is 0.873. The molecule has 0 bridgehead atoms. The minimum atomic E-state index is -0.0584. The van der Waals surface area contributed by atoms with Crippen LogP contribution in [0.15, 0.2) is 54.6 Å². The highest BCUT2D eigenvalue weighted by Gasteiger charge is 2.20. The molecule has 0 atom stereocenters. The van der Waals surface area contributed by atoms with E-state index in [1.54, 1.807) is 0 Å². The monoisotopic (exact) mass is 333 g/mol. The molecule has 0 aliphatic carbocycles. The highest BCUT2D eigenvalue weighted by Crippen LogP contribution is 2.12. The molecule has 2 aromatic rings. The van der Waals surface area contributed by atoms with E-state index in [2.05, 4.69) is 40.4 Å². The molecular formula is C21H23N3O. The maximum absolute atomic E-state index is 12.4. The molecule has 0 saturated carbocycles. The number of piperazine rings is 1. The molecule has 0 aromatic heterocycles. The van der Waals surface area contributed by atoms with Gasteiger partial charge >= 0.3 is 6.03 Å². The minimum Gasteiger partial charge on any atom is -0.322 e. The fraction of sp³-hybridized carbons (Fsp3) is 0.286. The Morgan fingerprint density at radius 3 is 2.52 bits per heavy atom. The molecule has 1 aliphatic heterocycles. The van der Waals surface area contributed by atoms with Crippen molar-refractivity contribution in [3.8, 4) is 12.3 Å². The summed E-state index contributed by atoms with van der Waals surface area (Å²) in [5.74, 6) is 2.58. The number of carbonyl (C=O) groups excluding carboxylic acids is 1. The van der Waals surface area contributed by atoms with Crippen molar-refractivity contribution >= 4 is 11.7 Å². The van der Waals surface area contributed by atoms with Gasteiger partial charge in [-0.1, -0.05) is 42.3 Å². The molecule has 1 aliphatic rings. The molecule has 1 N–H and O–H groups in total. The van der Waals surface area contributed by atoms with Crippen LogP contribution >= 0.6 is 0 Å². The smallest absolute Gasteiger partial charge is 0.321 e. The van der Waals surface area contributed by atoms with Crippen molar-refractivity contribution in [1.29, 1.82) is 0 Å². The van der Waals surface area contributed by atoms with Gasteiger partial charge in [0.15, 0.2) is 0 Å². The van der Waals surface area contributed by atoms with E-state index in [9.17, 15) is 4.79 Å². The van der Waals surface area contributed by atoms with Crippen LogP contribution in [0.25, 0.3) is 0 Å². The van der Waals surface area contributed by atoms with Gasteiger partial charge in [0.25, 0.3) is 0 Å². The average molecular weight is 333 g/mol. The van der Waals surface area contributed by atoms with E-state index in [1.807, 2.05) is 35.2 Å². The Kier molecular flexibility index (Phi) is 5.71. The zero-order valence-corrected chi connectivity index (χ0v) is 14.3. The van der Waals surface area contributed by atoms with Gasteiger partial charge in [-0.2, -0.15) is 0 Å². The van der Waals surface area contributed by atoms with Crippen LogP contribution < -0.4 is 5.32 Å². The first-order chi connectivity index (χ1) is 12.2. The van der Waals surface area contributed by atoms with Gasteiger partial charge in [0.1, 0.15) is 0 Å². The highest BCUT2D eigenvalue weighted by atomic mass is 16.2. The second kappa shape index (κ2) is 8.36. The van der Waals surface area contributed by atoms with Crippen LogP contribution in [-0.4, -0.2) is 48.6 Å². The van der Waals surface area contributed by atoms with Crippen molar-refractivity contribution in [2.24, 2.45) is 0 Å². The lowest BCUT2D eigenvalue weighted by Gasteiger charge is -2.34. The number of rotatable bonds is 4. The highest BCUT2D eigenvalue weighted by molar-refractivity contribution is 5.89. The van der Waals surface area contributed by atoms with Crippen molar-refractivity contribution < 1.29 is 4.79 Å². The van der Waals surface area contributed by atoms with Crippen LogP contribution in [0.5, 0.6) is 0 Å². The Balaban J connectivity index is 1.45. The molecular weight excluding hydrogens is 310 g/mol. The lowest BCUT2D eigenvalue weighted by atomic mass is 10.1. The number of benzene rings is 2. The zero-order chi connectivity index (χ0) is 17.5. The number of urea groups is 1. The topological polar surface area (TPSA) is 35.6 Å². The number of hydrogen-bond acceptors (Lipinski definition) is 2. The van der Waals surface area contributed by atoms with Crippen LogP contribution in [-0.2, 0) is 6.42 Å². The molecule has 1 heterocycles. The zero-order valence-electron chi connectivity index (χ0n) is 14.3. The van der Waals surface area contributed by atoms with Crippen molar-refractivity contribution in [2.45, 2.75) is 6.42 Å². The third-order valence-electron chi connectivity index (χ3n) is 4.50. The van der Waals surface area contributed by atoms with Crippen molar-refractivity contribution in [3.05, 3.63) is 65.7 Å². The summed E-state index contributed by atoms with van der Waals surface area (Å²) in [6.45, 7) is 4.34. The predicted molar refractivity (Wildman–Crippen MR) is 102 cm³/mol. The lowest BCUT2D eigenvalue weighted by Crippen LogP contribution is -2.50. The molecule has 4 nitrogen and oxygen atoms in total. The van der Waals surface area contributed by atoms with Gasteiger partial charge in [-0.15, -0.1) is 6.42 Å². The summed E-state index contributed by atoms with van der Waals surface area (Å²) in [6.07, 6.45) is 6.45. The molecule has 0 unspecified atom stereocenters. The van der Waals surface area contributed by atoms with Gasteiger partial charge < -0.3 is 10.2 Å². The molecule has 2 amide bonds. The first-order valence-corrected chi connectivity index (χ1v) is 8.63. The fourth-order valence-corrected chi connectivity index (χ4v) is 3.00. The minimum absolute atomic E-state index is 0.0584. The van der Waals surface area contributed by atoms with E-state index < -0.39 is 0 Å². The third-order valence-corrected chi connectivity index (χ3v) is 4.50. The van der Waals surface area contributed by atoms with Crippen molar-refractivity contribution in [3.63, 3.8) is 0 Å². The summed E-state index contributed by atoms with van der Waals surface area (Å²) >= 11 is 0. The molecule has 2 aromatic carbocycles. The summed E-state index contributed by atoms with van der Waals surface area (Å²) < 4.78 is 0. The van der Waals surface area contributed by atoms with Gasteiger partial charge in [-0.05, 0) is 30.2 Å². The molecule has 0 spiro atoms. The van der Waals surface area contributed by atoms with E-state index in [0.717, 1.165) is 50.4 Å². The number of amides is 2. The first-order valence-electron chi connectivity index (χ1n) is 8.63. The molecule has 1 saturated heterocycles. The van der Waals surface area contributed by atoms with E-state index in [1.165, 1.54) is 5.56 Å². The number of terminal acetylenes is 1. The maximum atomic E-state index is 12.4. The van der Waals surface area contributed by atoms with Gasteiger partial charge in [0.05, 0.1) is 0 Å². The van der Waals surface area contributed by atoms with Gasteiger partial charge in [0, 0.05) is 44.0 Å². The normalized spacial score (nSPS) is 14.8. The Hall–Kier alpha value is -2.77. The number of hydrogen-bond donors (Lipinski definition) is 1. The van der Waals surface area contributed by atoms with Crippen molar-refractivity contribution in [1.82, 2.24) is 9.80 Å². The SMILES string of the molecule is C#Cc1cccc(NC(=O)N2CCN(CCc3ccccc3)CC2)c1. The summed E-state index contributed by atoms with van der Waals surface area (Å²) in [5.41, 5.74) is 2.87. The Labute approximate surface area is 149 Å². The Bertz CT molecular complexity index is 743. The molecule has 128 valence electrons. The molecule has 3 rings (SSSR count). The second-order valence-corrected chi connectivity index (χ2v) is 6.22. The molecule has 25 heavy (non-hydrogen) atoms. The maximum Gasteiger partial charge on any atom is 0.321 e. The first kappa shape index (κ1) is 17.1. The molecule has 1 fully saturated rings. The van der Waals surface area contributed by atoms with Gasteiger partial charge in [-0.25, -0.2) is 4.79 Å². The van der Waals surface area contributed by atoms with E-state index in [-0.39, 0.29) is 6.03 Å². The fourth-order valence-electron chi connectivity index (χ4n) is 3.00. The standard InChI is InChI=1S/C21H23N3O/c1-2-18-9-6-10-20(17-18)22-21(25)24-15-13-23(14-16-24)12-11-19-7-4-3-5-8-19/h1,3-10,17H,11-16H2,(H,22,25). The summed E-state index contributed by atoms with van der Waals surface area (Å²) in [6, 6.07) is 17.8. The van der Waals surface area contributed by atoms with E-state index in [0.29, 0.717) is 0 Å². The van der Waals surface area contributed by atoms with Gasteiger partial charge in [0.2, 0.25) is 0 Å². The number of carbonyl (C=O) groups is 1. The van der Waals surface area contributed by atoms with Crippen LogP contribution in [0.3, 0.4) is 0 Å². The molecule has 4 heteroatoms. The number of nitrogens with zero attached hydrogens (tertiary/aromatic N) is 2. The third kappa shape index (κ3) is 4.85. The van der Waals surface area contributed by atoms with Crippen LogP contribution in [0.1, 0.15) is 11.1 Å².